The predicted octanol–water partition coefficient (Wildman–Crippen LogP) is 1.87. The molecule has 1 amide bonds. The van der Waals surface area contributed by atoms with Crippen molar-refractivity contribution >= 4 is 17.2 Å². The number of carbonyl (C=O) groups is 1. The zero-order valence-corrected chi connectivity index (χ0v) is 12.5. The Morgan fingerprint density at radius 3 is 2.85 bits per heavy atom. The fraction of sp³-hybridized carbons (Fsp3) is 0.357. The van der Waals surface area contributed by atoms with Gasteiger partial charge in [0.05, 0.1) is 12.5 Å². The Bertz CT molecular complexity index is 662. The van der Waals surface area contributed by atoms with Crippen LogP contribution in [0.15, 0.2) is 22.3 Å². The molecule has 0 spiro atoms. The minimum Gasteiger partial charge on any atom is -0.348 e. The molecule has 0 aliphatic heterocycles. The Morgan fingerprint density at radius 2 is 2.25 bits per heavy atom. The third-order valence-electron chi connectivity index (χ3n) is 3.03. The molecule has 0 fully saturated rings. The first-order valence-electron chi connectivity index (χ1n) is 6.36. The maximum atomic E-state index is 12.0. The molecular weight excluding hydrogens is 274 g/mol. The van der Waals surface area contributed by atoms with Gasteiger partial charge in [0.25, 0.3) is 5.56 Å². The molecule has 1 atom stereocenters. The van der Waals surface area contributed by atoms with E-state index in [1.807, 2.05) is 24.4 Å². The van der Waals surface area contributed by atoms with Crippen molar-refractivity contribution in [3.63, 3.8) is 0 Å². The van der Waals surface area contributed by atoms with E-state index in [2.05, 4.69) is 15.3 Å². The minimum atomic E-state index is -0.242. The summed E-state index contributed by atoms with van der Waals surface area (Å²) in [6.07, 6.45) is 0.0458. The van der Waals surface area contributed by atoms with Crippen LogP contribution in [0.4, 0.5) is 0 Å². The van der Waals surface area contributed by atoms with Crippen molar-refractivity contribution in [2.45, 2.75) is 33.2 Å². The van der Waals surface area contributed by atoms with Crippen molar-refractivity contribution in [1.29, 1.82) is 0 Å². The van der Waals surface area contributed by atoms with Crippen molar-refractivity contribution < 1.29 is 4.79 Å². The fourth-order valence-electron chi connectivity index (χ4n) is 2.02. The molecule has 0 aliphatic rings. The first-order chi connectivity index (χ1) is 9.47. The summed E-state index contributed by atoms with van der Waals surface area (Å²) >= 11 is 1.59. The van der Waals surface area contributed by atoms with Crippen LogP contribution in [0.5, 0.6) is 0 Å². The average molecular weight is 291 g/mol. The molecule has 2 rings (SSSR count). The van der Waals surface area contributed by atoms with E-state index in [0.717, 1.165) is 4.88 Å². The molecule has 2 aromatic rings. The Kier molecular flexibility index (Phi) is 4.34. The number of nitrogens with one attached hydrogen (secondary N) is 2. The van der Waals surface area contributed by atoms with Crippen LogP contribution in [-0.4, -0.2) is 15.9 Å². The van der Waals surface area contributed by atoms with Crippen LogP contribution in [0, 0.1) is 13.8 Å². The van der Waals surface area contributed by atoms with E-state index in [1.165, 1.54) is 0 Å². The van der Waals surface area contributed by atoms with Crippen molar-refractivity contribution in [2.24, 2.45) is 0 Å². The van der Waals surface area contributed by atoms with Crippen molar-refractivity contribution in [2.75, 3.05) is 0 Å². The second-order valence-electron chi connectivity index (χ2n) is 4.70. The van der Waals surface area contributed by atoms with E-state index < -0.39 is 0 Å². The summed E-state index contributed by atoms with van der Waals surface area (Å²) < 4.78 is 0. The van der Waals surface area contributed by atoms with Crippen molar-refractivity contribution in [3.05, 3.63) is 49.8 Å². The molecule has 106 valence electrons. The average Bonchev–Trinajstić information content (AvgIpc) is 2.87. The van der Waals surface area contributed by atoms with Crippen LogP contribution in [0.1, 0.15) is 34.9 Å². The van der Waals surface area contributed by atoms with Crippen LogP contribution in [-0.2, 0) is 11.2 Å². The van der Waals surface area contributed by atoms with E-state index in [9.17, 15) is 9.59 Å². The summed E-state index contributed by atoms with van der Waals surface area (Å²) in [4.78, 5) is 31.8. The van der Waals surface area contributed by atoms with Gasteiger partial charge in [-0.2, -0.15) is 0 Å². The van der Waals surface area contributed by atoms with E-state index in [-0.39, 0.29) is 23.9 Å². The highest BCUT2D eigenvalue weighted by Crippen LogP contribution is 2.18. The summed E-state index contributed by atoms with van der Waals surface area (Å²) in [5, 5.41) is 4.86. The van der Waals surface area contributed by atoms with Gasteiger partial charge in [0.15, 0.2) is 0 Å². The number of carbonyl (C=O) groups excluding carboxylic acids is 1. The number of hydrogen-bond donors (Lipinski definition) is 2. The smallest absolute Gasteiger partial charge is 0.254 e. The zero-order chi connectivity index (χ0) is 14.7. The molecule has 2 N–H and O–H groups in total. The lowest BCUT2D eigenvalue weighted by Gasteiger charge is -2.12. The monoisotopic (exact) mass is 291 g/mol. The van der Waals surface area contributed by atoms with E-state index in [4.69, 9.17) is 0 Å². The molecule has 5 nitrogen and oxygen atoms in total. The summed E-state index contributed by atoms with van der Waals surface area (Å²) in [5.41, 5.74) is 0.783. The number of aryl methyl sites for hydroxylation is 2. The van der Waals surface area contributed by atoms with Gasteiger partial charge in [0.2, 0.25) is 5.91 Å². The maximum absolute atomic E-state index is 12.0. The molecule has 0 unspecified atom stereocenters. The van der Waals surface area contributed by atoms with Crippen LogP contribution >= 0.6 is 11.3 Å². The van der Waals surface area contributed by atoms with Gasteiger partial charge in [-0.1, -0.05) is 6.07 Å². The lowest BCUT2D eigenvalue weighted by molar-refractivity contribution is -0.121. The first kappa shape index (κ1) is 14.5. The lowest BCUT2D eigenvalue weighted by atomic mass is 10.1. The highest BCUT2D eigenvalue weighted by Gasteiger charge is 2.14. The van der Waals surface area contributed by atoms with Gasteiger partial charge in [0, 0.05) is 16.1 Å². The fourth-order valence-corrected chi connectivity index (χ4v) is 2.76. The summed E-state index contributed by atoms with van der Waals surface area (Å²) in [6.45, 7) is 5.39. The van der Waals surface area contributed by atoms with Gasteiger partial charge in [-0.05, 0) is 32.2 Å². The number of aromatic amines is 1. The van der Waals surface area contributed by atoms with Crippen LogP contribution < -0.4 is 10.9 Å². The molecular formula is C14H17N3O2S. The zero-order valence-electron chi connectivity index (χ0n) is 11.7. The van der Waals surface area contributed by atoms with Gasteiger partial charge in [0.1, 0.15) is 5.82 Å². The molecule has 2 heterocycles. The van der Waals surface area contributed by atoms with Crippen molar-refractivity contribution in [1.82, 2.24) is 15.3 Å². The van der Waals surface area contributed by atoms with Crippen LogP contribution in [0.25, 0.3) is 0 Å². The standard InChI is InChI=1S/C14H17N3O2S/c1-8-11(14(19)17-10(3)15-8)7-13(18)16-9(2)12-5-4-6-20-12/h4-6,9H,7H2,1-3H3,(H,16,18)(H,15,17,19)/t9-/m0/s1. The summed E-state index contributed by atoms with van der Waals surface area (Å²) in [7, 11) is 0. The Balaban J connectivity index is 2.07. The number of hydrogen-bond acceptors (Lipinski definition) is 4. The third-order valence-corrected chi connectivity index (χ3v) is 4.08. The van der Waals surface area contributed by atoms with Gasteiger partial charge in [-0.15, -0.1) is 11.3 Å². The molecule has 0 saturated carbocycles. The highest BCUT2D eigenvalue weighted by molar-refractivity contribution is 7.10. The number of aromatic nitrogens is 2. The number of amides is 1. The molecule has 6 heteroatoms. The molecule has 0 radical (unpaired) electrons. The van der Waals surface area contributed by atoms with Crippen LogP contribution in [0.2, 0.25) is 0 Å². The second kappa shape index (κ2) is 6.00. The number of thiophene rings is 1. The molecule has 0 saturated heterocycles. The van der Waals surface area contributed by atoms with Gasteiger partial charge in [-0.25, -0.2) is 4.98 Å². The quantitative estimate of drug-likeness (QED) is 0.903. The van der Waals surface area contributed by atoms with E-state index in [0.29, 0.717) is 17.1 Å². The van der Waals surface area contributed by atoms with Crippen molar-refractivity contribution in [3.8, 4) is 0 Å². The van der Waals surface area contributed by atoms with E-state index in [1.54, 1.807) is 25.2 Å². The summed E-state index contributed by atoms with van der Waals surface area (Å²) in [6, 6.07) is 3.86. The minimum absolute atomic E-state index is 0.0458. The number of H-pyrrole nitrogens is 1. The lowest BCUT2D eigenvalue weighted by Crippen LogP contribution is -2.30. The maximum Gasteiger partial charge on any atom is 0.254 e. The largest absolute Gasteiger partial charge is 0.348 e. The Hall–Kier alpha value is -1.95. The number of nitrogens with zero attached hydrogens (tertiary/aromatic N) is 1. The molecule has 0 aromatic carbocycles. The van der Waals surface area contributed by atoms with Gasteiger partial charge in [-0.3, -0.25) is 9.59 Å². The Morgan fingerprint density at radius 1 is 1.50 bits per heavy atom. The van der Waals surface area contributed by atoms with Gasteiger partial charge >= 0.3 is 0 Å². The normalized spacial score (nSPS) is 12.2. The topological polar surface area (TPSA) is 74.8 Å². The van der Waals surface area contributed by atoms with E-state index >= 15 is 0 Å². The molecule has 20 heavy (non-hydrogen) atoms. The Labute approximate surface area is 121 Å². The SMILES string of the molecule is Cc1nc(C)c(CC(=O)N[C@@H](C)c2cccs2)c(=O)[nH]1. The molecule has 0 aliphatic carbocycles. The molecule has 0 bridgehead atoms. The van der Waals surface area contributed by atoms with Gasteiger partial charge < -0.3 is 10.3 Å². The molecule has 2 aromatic heterocycles. The highest BCUT2D eigenvalue weighted by atomic mass is 32.1. The second-order valence-corrected chi connectivity index (χ2v) is 5.68. The van der Waals surface area contributed by atoms with Crippen LogP contribution in [0.3, 0.4) is 0 Å². The summed E-state index contributed by atoms with van der Waals surface area (Å²) in [5.74, 6) is 0.383. The number of rotatable bonds is 4. The first-order valence-corrected chi connectivity index (χ1v) is 7.24. The third kappa shape index (κ3) is 3.33. The predicted molar refractivity (Wildman–Crippen MR) is 78.9 cm³/mol.